The molecule has 1 aliphatic heterocycles. The van der Waals surface area contributed by atoms with Gasteiger partial charge in [-0.25, -0.2) is 0 Å². The lowest BCUT2D eigenvalue weighted by Gasteiger charge is -2.16. The highest BCUT2D eigenvalue weighted by Gasteiger charge is 2.34. The quantitative estimate of drug-likeness (QED) is 0.776. The van der Waals surface area contributed by atoms with Crippen LogP contribution in [0.1, 0.15) is 17.5 Å². The van der Waals surface area contributed by atoms with E-state index in [1.165, 1.54) is 19.2 Å². The van der Waals surface area contributed by atoms with Gasteiger partial charge in [-0.05, 0) is 24.1 Å². The van der Waals surface area contributed by atoms with E-state index in [1.54, 1.807) is 0 Å². The van der Waals surface area contributed by atoms with Gasteiger partial charge in [-0.1, -0.05) is 6.07 Å². The predicted octanol–water partition coefficient (Wildman–Crippen LogP) is 1.05. The maximum absolute atomic E-state index is 13.0. The summed E-state index contributed by atoms with van der Waals surface area (Å²) >= 11 is 0. The second kappa shape index (κ2) is 6.53. The van der Waals surface area contributed by atoms with E-state index in [9.17, 15) is 23.1 Å². The Morgan fingerprint density at radius 1 is 1.50 bits per heavy atom. The number of hydrogen-bond donors (Lipinski definition) is 3. The number of rotatable bonds is 4. The molecule has 1 aromatic carbocycles. The Bertz CT molecular complexity index is 549. The van der Waals surface area contributed by atoms with Gasteiger partial charge in [0.15, 0.2) is 0 Å². The summed E-state index contributed by atoms with van der Waals surface area (Å²) in [7, 11) is 1.29. The number of methoxy groups -OCH3 is 1. The number of carbonyl (C=O) groups is 1. The molecule has 1 aliphatic rings. The van der Waals surface area contributed by atoms with Crippen molar-refractivity contribution in [1.82, 2.24) is 10.6 Å². The maximum Gasteiger partial charge on any atom is 0.416 e. The van der Waals surface area contributed by atoms with Crippen molar-refractivity contribution in [3.05, 3.63) is 29.3 Å². The van der Waals surface area contributed by atoms with Crippen LogP contribution < -0.4 is 15.4 Å². The van der Waals surface area contributed by atoms with Gasteiger partial charge in [-0.15, -0.1) is 0 Å². The molecule has 22 heavy (non-hydrogen) atoms. The summed E-state index contributed by atoms with van der Waals surface area (Å²) in [5.74, 6) is -0.330. The number of carbonyl (C=O) groups excluding carboxylic acids is 1. The minimum absolute atomic E-state index is 0.0415. The summed E-state index contributed by atoms with van der Waals surface area (Å²) in [6.07, 6.45) is -4.89. The second-order valence-corrected chi connectivity index (χ2v) is 5.09. The Kier molecular flexibility index (Phi) is 4.92. The monoisotopic (exact) mass is 318 g/mol. The first-order valence-electron chi connectivity index (χ1n) is 6.74. The molecule has 2 unspecified atom stereocenters. The van der Waals surface area contributed by atoms with E-state index < -0.39 is 29.8 Å². The van der Waals surface area contributed by atoms with Crippen molar-refractivity contribution in [1.29, 1.82) is 0 Å². The number of halogens is 3. The molecule has 8 heteroatoms. The van der Waals surface area contributed by atoms with E-state index in [1.807, 2.05) is 0 Å². The number of aliphatic hydroxyl groups is 1. The van der Waals surface area contributed by atoms with Gasteiger partial charge in [0, 0.05) is 13.1 Å². The molecule has 122 valence electrons. The van der Waals surface area contributed by atoms with Crippen molar-refractivity contribution in [2.45, 2.75) is 31.3 Å². The number of alkyl halides is 3. The van der Waals surface area contributed by atoms with E-state index in [4.69, 9.17) is 4.74 Å². The molecule has 0 radical (unpaired) electrons. The Morgan fingerprint density at radius 3 is 2.77 bits per heavy atom. The van der Waals surface area contributed by atoms with Gasteiger partial charge >= 0.3 is 6.18 Å². The lowest BCUT2D eigenvalue weighted by Crippen LogP contribution is -2.40. The first-order chi connectivity index (χ1) is 10.3. The van der Waals surface area contributed by atoms with Crippen LogP contribution in [0.2, 0.25) is 0 Å². The highest BCUT2D eigenvalue weighted by molar-refractivity contribution is 5.82. The number of ether oxygens (including phenoxy) is 1. The first kappa shape index (κ1) is 16.6. The zero-order valence-electron chi connectivity index (χ0n) is 11.9. The Hall–Kier alpha value is -1.80. The zero-order chi connectivity index (χ0) is 16.3. The van der Waals surface area contributed by atoms with Gasteiger partial charge in [0.1, 0.15) is 5.75 Å². The van der Waals surface area contributed by atoms with Gasteiger partial charge in [-0.2, -0.15) is 13.2 Å². The third-order valence-corrected chi connectivity index (χ3v) is 3.50. The molecule has 2 atom stereocenters. The van der Waals surface area contributed by atoms with Crippen LogP contribution in [0.25, 0.3) is 0 Å². The number of nitrogens with one attached hydrogen (secondary N) is 2. The summed E-state index contributed by atoms with van der Waals surface area (Å²) in [4.78, 5) is 11.9. The molecule has 1 saturated heterocycles. The van der Waals surface area contributed by atoms with Crippen molar-refractivity contribution < 1.29 is 27.8 Å². The Morgan fingerprint density at radius 2 is 2.23 bits per heavy atom. The fourth-order valence-corrected chi connectivity index (χ4v) is 2.32. The molecule has 0 spiro atoms. The molecule has 0 aromatic heterocycles. The first-order valence-corrected chi connectivity index (χ1v) is 6.74. The third kappa shape index (κ3) is 3.89. The molecule has 1 amide bonds. The van der Waals surface area contributed by atoms with Crippen LogP contribution in [-0.2, 0) is 17.5 Å². The fraction of sp³-hybridized carbons (Fsp3) is 0.500. The summed E-state index contributed by atoms with van der Waals surface area (Å²) in [6.45, 7) is 0.0559. The van der Waals surface area contributed by atoms with Crippen molar-refractivity contribution in [2.75, 3.05) is 13.7 Å². The van der Waals surface area contributed by atoms with Gasteiger partial charge in [-0.3, -0.25) is 4.79 Å². The molecule has 1 aromatic rings. The van der Waals surface area contributed by atoms with Gasteiger partial charge < -0.3 is 20.5 Å². The average Bonchev–Trinajstić information content (AvgIpc) is 2.90. The molecule has 0 aliphatic carbocycles. The van der Waals surface area contributed by atoms with Crippen LogP contribution in [-0.4, -0.2) is 36.8 Å². The minimum Gasteiger partial charge on any atom is -0.497 e. The average molecular weight is 318 g/mol. The molecule has 5 nitrogen and oxygen atoms in total. The second-order valence-electron chi connectivity index (χ2n) is 5.09. The highest BCUT2D eigenvalue weighted by Crippen LogP contribution is 2.34. The number of amides is 1. The maximum atomic E-state index is 13.0. The lowest BCUT2D eigenvalue weighted by atomic mass is 10.1. The number of hydrogen-bond acceptors (Lipinski definition) is 4. The highest BCUT2D eigenvalue weighted by atomic mass is 19.4. The third-order valence-electron chi connectivity index (χ3n) is 3.50. The largest absolute Gasteiger partial charge is 0.497 e. The summed E-state index contributed by atoms with van der Waals surface area (Å²) < 4.78 is 43.9. The van der Waals surface area contributed by atoms with Crippen molar-refractivity contribution in [3.63, 3.8) is 0 Å². The standard InChI is InChI=1S/C14H17F3N2O3/c1-22-10-3-2-8(11(5-10)14(15,16)17)6-19-13(21)12-4-9(20)7-18-12/h2-3,5,9,12,18,20H,4,6-7H2,1H3,(H,19,21). The Balaban J connectivity index is 2.07. The molecule has 3 N–H and O–H groups in total. The van der Waals surface area contributed by atoms with E-state index in [0.29, 0.717) is 6.54 Å². The lowest BCUT2D eigenvalue weighted by molar-refractivity contribution is -0.138. The molecule has 2 rings (SSSR count). The van der Waals surface area contributed by atoms with Crippen molar-refractivity contribution in [3.8, 4) is 5.75 Å². The SMILES string of the molecule is COc1ccc(CNC(=O)C2CC(O)CN2)c(C(F)(F)F)c1. The molecule has 0 bridgehead atoms. The van der Waals surface area contributed by atoms with E-state index >= 15 is 0 Å². The number of benzene rings is 1. The van der Waals surface area contributed by atoms with Crippen LogP contribution in [0.4, 0.5) is 13.2 Å². The molecule has 1 heterocycles. The normalized spacial score (nSPS) is 21.7. The summed E-state index contributed by atoms with van der Waals surface area (Å²) in [5.41, 5.74) is -0.883. The number of β-amino-alcohol motifs (C(OH)–C–C–N with tert-alkyl or cyclic N) is 1. The van der Waals surface area contributed by atoms with Crippen LogP contribution in [0.15, 0.2) is 18.2 Å². The van der Waals surface area contributed by atoms with Crippen LogP contribution in [0.3, 0.4) is 0 Å². The summed E-state index contributed by atoms with van der Waals surface area (Å²) in [5, 5.41) is 14.6. The van der Waals surface area contributed by atoms with Crippen LogP contribution in [0, 0.1) is 0 Å². The van der Waals surface area contributed by atoms with Gasteiger partial charge in [0.05, 0.1) is 24.8 Å². The predicted molar refractivity (Wildman–Crippen MR) is 72.3 cm³/mol. The number of aliphatic hydroxyl groups excluding tert-OH is 1. The van der Waals surface area contributed by atoms with E-state index in [0.717, 1.165) is 6.07 Å². The van der Waals surface area contributed by atoms with Crippen LogP contribution in [0.5, 0.6) is 5.75 Å². The molecule has 0 saturated carbocycles. The van der Waals surface area contributed by atoms with Crippen LogP contribution >= 0.6 is 0 Å². The zero-order valence-corrected chi connectivity index (χ0v) is 11.9. The smallest absolute Gasteiger partial charge is 0.416 e. The minimum atomic E-state index is -4.53. The van der Waals surface area contributed by atoms with E-state index in [2.05, 4.69) is 10.6 Å². The van der Waals surface area contributed by atoms with Crippen molar-refractivity contribution in [2.24, 2.45) is 0 Å². The molecular weight excluding hydrogens is 301 g/mol. The summed E-state index contributed by atoms with van der Waals surface area (Å²) in [6, 6.07) is 3.01. The van der Waals surface area contributed by atoms with Crippen molar-refractivity contribution >= 4 is 5.91 Å². The molecular formula is C14H17F3N2O3. The topological polar surface area (TPSA) is 70.6 Å². The van der Waals surface area contributed by atoms with Gasteiger partial charge in [0.25, 0.3) is 0 Å². The van der Waals surface area contributed by atoms with E-state index in [-0.39, 0.29) is 24.3 Å². The Labute approximate surface area is 125 Å². The van der Waals surface area contributed by atoms with Gasteiger partial charge in [0.2, 0.25) is 5.91 Å². The fourth-order valence-electron chi connectivity index (χ4n) is 2.32. The molecule has 1 fully saturated rings.